The molecule has 0 saturated carbocycles. The number of hydrogen-bond acceptors (Lipinski definition) is 2. The first-order valence-electron chi connectivity index (χ1n) is 5.92. The molecular weight excluding hydrogens is 244 g/mol. The lowest BCUT2D eigenvalue weighted by Crippen LogP contribution is -2.04. The molecule has 0 spiro atoms. The zero-order chi connectivity index (χ0) is 13.1. The van der Waals surface area contributed by atoms with Crippen LogP contribution in [0.1, 0.15) is 16.7 Å². The van der Waals surface area contributed by atoms with E-state index >= 15 is 0 Å². The molecule has 0 aliphatic heterocycles. The van der Waals surface area contributed by atoms with Gasteiger partial charge in [0.05, 0.1) is 11.4 Å². The Hall–Kier alpha value is -1.67. The third-order valence-electron chi connectivity index (χ3n) is 3.02. The van der Waals surface area contributed by atoms with Crippen LogP contribution in [-0.2, 0) is 6.54 Å². The van der Waals surface area contributed by atoms with Crippen LogP contribution in [0, 0.1) is 13.8 Å². The molecule has 0 aromatic heterocycles. The molecule has 0 heterocycles. The topological polar surface area (TPSA) is 38.0 Å². The molecule has 0 saturated heterocycles. The van der Waals surface area contributed by atoms with Gasteiger partial charge in [-0.15, -0.1) is 0 Å². The van der Waals surface area contributed by atoms with Gasteiger partial charge in [0.15, 0.2) is 0 Å². The normalized spacial score (nSPS) is 10.4. The van der Waals surface area contributed by atoms with Gasteiger partial charge in [-0.3, -0.25) is 0 Å². The van der Waals surface area contributed by atoms with Gasteiger partial charge in [-0.2, -0.15) is 0 Å². The molecule has 0 bridgehead atoms. The van der Waals surface area contributed by atoms with Crippen molar-refractivity contribution in [1.29, 1.82) is 0 Å². The van der Waals surface area contributed by atoms with Crippen LogP contribution in [0.5, 0.6) is 0 Å². The first kappa shape index (κ1) is 12.8. The summed E-state index contributed by atoms with van der Waals surface area (Å²) in [5, 5.41) is 4.08. The largest absolute Gasteiger partial charge is 0.397 e. The average Bonchev–Trinajstić information content (AvgIpc) is 2.36. The van der Waals surface area contributed by atoms with Crippen molar-refractivity contribution in [2.45, 2.75) is 20.4 Å². The van der Waals surface area contributed by atoms with Gasteiger partial charge < -0.3 is 11.1 Å². The number of nitrogens with one attached hydrogen (secondary N) is 1. The molecule has 0 fully saturated rings. The van der Waals surface area contributed by atoms with Crippen LogP contribution in [0.25, 0.3) is 0 Å². The van der Waals surface area contributed by atoms with Crippen molar-refractivity contribution in [2.75, 3.05) is 11.1 Å². The van der Waals surface area contributed by atoms with Gasteiger partial charge in [0, 0.05) is 11.6 Å². The predicted octanol–water partition coefficient (Wildman–Crippen LogP) is 4.15. The van der Waals surface area contributed by atoms with Crippen molar-refractivity contribution in [2.24, 2.45) is 0 Å². The van der Waals surface area contributed by atoms with Crippen LogP contribution >= 0.6 is 11.6 Å². The van der Waals surface area contributed by atoms with Gasteiger partial charge in [-0.25, -0.2) is 0 Å². The smallest absolute Gasteiger partial charge is 0.0621 e. The molecule has 3 heteroatoms. The van der Waals surface area contributed by atoms with Crippen molar-refractivity contribution < 1.29 is 0 Å². The van der Waals surface area contributed by atoms with E-state index in [1.807, 2.05) is 19.1 Å². The van der Waals surface area contributed by atoms with Crippen molar-refractivity contribution in [3.8, 4) is 0 Å². The summed E-state index contributed by atoms with van der Waals surface area (Å²) >= 11 is 6.09. The molecule has 3 N–H and O–H groups in total. The SMILES string of the molecule is Cc1ccc(CNc2c(N)ccc(Cl)c2C)cc1. The number of hydrogen-bond donors (Lipinski definition) is 2. The zero-order valence-corrected chi connectivity index (χ0v) is 11.4. The Morgan fingerprint density at radius 1 is 1.06 bits per heavy atom. The maximum absolute atomic E-state index is 6.09. The molecule has 2 rings (SSSR count). The number of anilines is 2. The van der Waals surface area contributed by atoms with Gasteiger partial charge >= 0.3 is 0 Å². The molecule has 2 nitrogen and oxygen atoms in total. The highest BCUT2D eigenvalue weighted by molar-refractivity contribution is 6.31. The molecule has 0 atom stereocenters. The molecule has 94 valence electrons. The minimum absolute atomic E-state index is 0.726. The molecule has 2 aromatic rings. The minimum Gasteiger partial charge on any atom is -0.397 e. The van der Waals surface area contributed by atoms with E-state index in [-0.39, 0.29) is 0 Å². The zero-order valence-electron chi connectivity index (χ0n) is 10.6. The molecule has 0 aliphatic carbocycles. The Kier molecular flexibility index (Phi) is 3.78. The van der Waals surface area contributed by atoms with Crippen molar-refractivity contribution in [3.05, 3.63) is 58.1 Å². The molecule has 0 aliphatic rings. The fourth-order valence-corrected chi connectivity index (χ4v) is 2.00. The molecule has 0 amide bonds. The molecule has 0 unspecified atom stereocenters. The Bertz CT molecular complexity index is 547. The van der Waals surface area contributed by atoms with Crippen LogP contribution in [0.4, 0.5) is 11.4 Å². The second-order valence-electron chi connectivity index (χ2n) is 4.48. The molecule has 2 aromatic carbocycles. The lowest BCUT2D eigenvalue weighted by atomic mass is 10.1. The van der Waals surface area contributed by atoms with E-state index in [0.29, 0.717) is 0 Å². The third-order valence-corrected chi connectivity index (χ3v) is 3.43. The van der Waals surface area contributed by atoms with E-state index in [1.54, 1.807) is 0 Å². The van der Waals surface area contributed by atoms with Gasteiger partial charge in [0.2, 0.25) is 0 Å². The highest BCUT2D eigenvalue weighted by Gasteiger charge is 2.06. The Morgan fingerprint density at radius 3 is 2.39 bits per heavy atom. The summed E-state index contributed by atoms with van der Waals surface area (Å²) in [7, 11) is 0. The van der Waals surface area contributed by atoms with E-state index in [1.165, 1.54) is 11.1 Å². The van der Waals surface area contributed by atoms with Crippen molar-refractivity contribution >= 4 is 23.0 Å². The monoisotopic (exact) mass is 260 g/mol. The third kappa shape index (κ3) is 2.77. The van der Waals surface area contributed by atoms with E-state index in [9.17, 15) is 0 Å². The summed E-state index contributed by atoms with van der Waals surface area (Å²) in [4.78, 5) is 0. The lowest BCUT2D eigenvalue weighted by molar-refractivity contribution is 1.14. The Labute approximate surface area is 113 Å². The lowest BCUT2D eigenvalue weighted by Gasteiger charge is -2.13. The average molecular weight is 261 g/mol. The number of aryl methyl sites for hydroxylation is 1. The molecule has 18 heavy (non-hydrogen) atoms. The van der Waals surface area contributed by atoms with Crippen LogP contribution in [0.3, 0.4) is 0 Å². The Morgan fingerprint density at radius 2 is 1.72 bits per heavy atom. The highest BCUT2D eigenvalue weighted by Crippen LogP contribution is 2.29. The van der Waals surface area contributed by atoms with Gasteiger partial charge in [-0.05, 0) is 37.1 Å². The first-order chi connectivity index (χ1) is 8.58. The van der Waals surface area contributed by atoms with E-state index in [4.69, 9.17) is 17.3 Å². The fourth-order valence-electron chi connectivity index (χ4n) is 1.84. The van der Waals surface area contributed by atoms with Crippen LogP contribution < -0.4 is 11.1 Å². The van der Waals surface area contributed by atoms with E-state index in [0.717, 1.165) is 28.5 Å². The highest BCUT2D eigenvalue weighted by atomic mass is 35.5. The number of rotatable bonds is 3. The summed E-state index contributed by atoms with van der Waals surface area (Å²) in [5.74, 6) is 0. The van der Waals surface area contributed by atoms with Gasteiger partial charge in [-0.1, -0.05) is 41.4 Å². The van der Waals surface area contributed by atoms with Crippen molar-refractivity contribution in [3.63, 3.8) is 0 Å². The quantitative estimate of drug-likeness (QED) is 0.814. The second kappa shape index (κ2) is 5.32. The fraction of sp³-hybridized carbons (Fsp3) is 0.200. The number of benzene rings is 2. The van der Waals surface area contributed by atoms with Crippen molar-refractivity contribution in [1.82, 2.24) is 0 Å². The van der Waals surface area contributed by atoms with E-state index < -0.39 is 0 Å². The first-order valence-corrected chi connectivity index (χ1v) is 6.29. The summed E-state index contributed by atoms with van der Waals surface area (Å²) in [6.45, 7) is 4.79. The maximum atomic E-state index is 6.09. The summed E-state index contributed by atoms with van der Waals surface area (Å²) in [6.07, 6.45) is 0. The van der Waals surface area contributed by atoms with Gasteiger partial charge in [0.1, 0.15) is 0 Å². The summed E-state index contributed by atoms with van der Waals surface area (Å²) in [6, 6.07) is 12.1. The summed E-state index contributed by atoms with van der Waals surface area (Å²) in [5.41, 5.74) is 11.1. The number of nitrogens with two attached hydrogens (primary N) is 1. The predicted molar refractivity (Wildman–Crippen MR) is 79.1 cm³/mol. The molecule has 0 radical (unpaired) electrons. The Balaban J connectivity index is 2.15. The second-order valence-corrected chi connectivity index (χ2v) is 4.88. The van der Waals surface area contributed by atoms with E-state index in [2.05, 4.69) is 36.5 Å². The maximum Gasteiger partial charge on any atom is 0.0621 e. The van der Waals surface area contributed by atoms with Crippen LogP contribution in [0.15, 0.2) is 36.4 Å². The van der Waals surface area contributed by atoms with Crippen LogP contribution in [0.2, 0.25) is 5.02 Å². The molecular formula is C15H17ClN2. The standard InChI is InChI=1S/C15H17ClN2/c1-10-3-5-12(6-4-10)9-18-15-11(2)13(16)7-8-14(15)17/h3-8,18H,9,17H2,1-2H3. The summed E-state index contributed by atoms with van der Waals surface area (Å²) < 4.78 is 0. The minimum atomic E-state index is 0.726. The van der Waals surface area contributed by atoms with Crippen LogP contribution in [-0.4, -0.2) is 0 Å². The number of halogens is 1. The van der Waals surface area contributed by atoms with Gasteiger partial charge in [0.25, 0.3) is 0 Å². The number of nitrogen functional groups attached to an aromatic ring is 1.